The molecule has 11 nitrogen and oxygen atoms in total. The van der Waals surface area contributed by atoms with E-state index in [0.717, 1.165) is 87.0 Å². The van der Waals surface area contributed by atoms with Crippen LogP contribution in [0.5, 0.6) is 0 Å². The highest BCUT2D eigenvalue weighted by Crippen LogP contribution is 2.38. The lowest BCUT2D eigenvalue weighted by Gasteiger charge is -2.37. The standard InChI is InChI=1S/C31H38ClN9O2/c1-31(34)9-12-40(13-10-31)25-19-35-28(29(33)36-25)23-6-3-7-24(27(23)32)39-16-14-38(15-17-39)20-21-4-2-5-22(18-21)41-11-8-26(42)37-30(41)43/h2-7,18-19H,8-17,20,34H2,1H3,(H2,33,36)(H,37,42,43). The molecule has 0 unspecified atom stereocenters. The first-order valence-corrected chi connectivity index (χ1v) is 15.2. The van der Waals surface area contributed by atoms with E-state index in [2.05, 4.69) is 38.0 Å². The van der Waals surface area contributed by atoms with E-state index in [1.54, 1.807) is 11.1 Å². The molecule has 0 aliphatic carbocycles. The fourth-order valence-corrected chi connectivity index (χ4v) is 6.32. The molecule has 0 atom stereocenters. The van der Waals surface area contributed by atoms with Gasteiger partial charge in [0.2, 0.25) is 5.91 Å². The Kier molecular flexibility index (Phi) is 8.13. The number of nitrogens with one attached hydrogen (secondary N) is 1. The van der Waals surface area contributed by atoms with E-state index in [0.29, 0.717) is 29.5 Å². The summed E-state index contributed by atoms with van der Waals surface area (Å²) in [5.74, 6) is 0.891. The fourth-order valence-electron chi connectivity index (χ4n) is 5.99. The largest absolute Gasteiger partial charge is 0.382 e. The predicted molar refractivity (Wildman–Crippen MR) is 170 cm³/mol. The molecule has 12 heteroatoms. The molecule has 1 aromatic heterocycles. The van der Waals surface area contributed by atoms with Gasteiger partial charge in [0, 0.05) is 75.6 Å². The lowest BCUT2D eigenvalue weighted by atomic mass is 9.91. The molecule has 0 spiro atoms. The van der Waals surface area contributed by atoms with Crippen LogP contribution in [0.3, 0.4) is 0 Å². The number of anilines is 4. The van der Waals surface area contributed by atoms with Crippen molar-refractivity contribution in [3.8, 4) is 11.3 Å². The van der Waals surface area contributed by atoms with Crippen LogP contribution >= 0.6 is 11.6 Å². The van der Waals surface area contributed by atoms with E-state index in [4.69, 9.17) is 28.1 Å². The number of piperazine rings is 1. The first-order chi connectivity index (χ1) is 20.7. The number of benzene rings is 2. The Morgan fingerprint density at radius 3 is 2.44 bits per heavy atom. The normalized spacial score (nSPS) is 19.5. The van der Waals surface area contributed by atoms with Gasteiger partial charge >= 0.3 is 6.03 Å². The summed E-state index contributed by atoms with van der Waals surface area (Å²) in [6, 6.07) is 13.6. The van der Waals surface area contributed by atoms with Gasteiger partial charge in [0.25, 0.3) is 0 Å². The van der Waals surface area contributed by atoms with E-state index in [-0.39, 0.29) is 17.5 Å². The van der Waals surface area contributed by atoms with Gasteiger partial charge < -0.3 is 21.3 Å². The zero-order valence-electron chi connectivity index (χ0n) is 24.4. The number of rotatable bonds is 6. The van der Waals surface area contributed by atoms with E-state index < -0.39 is 0 Å². The van der Waals surface area contributed by atoms with Crippen LogP contribution < -0.4 is 31.5 Å². The Balaban J connectivity index is 1.10. The van der Waals surface area contributed by atoms with Gasteiger partial charge in [-0.1, -0.05) is 35.9 Å². The number of amides is 3. The van der Waals surface area contributed by atoms with Gasteiger partial charge in [-0.3, -0.25) is 19.9 Å². The second-order valence-corrected chi connectivity index (χ2v) is 12.3. The number of aromatic nitrogens is 2. The topological polar surface area (TPSA) is 137 Å². The maximum Gasteiger partial charge on any atom is 0.328 e. The maximum absolute atomic E-state index is 12.3. The minimum atomic E-state index is -0.369. The first-order valence-electron chi connectivity index (χ1n) is 14.8. The lowest BCUT2D eigenvalue weighted by Crippen LogP contribution is -2.49. The Hall–Kier alpha value is -3.93. The van der Waals surface area contributed by atoms with Crippen molar-refractivity contribution in [2.75, 3.05) is 66.2 Å². The molecule has 3 fully saturated rings. The summed E-state index contributed by atoms with van der Waals surface area (Å²) in [5, 5.41) is 3.01. The average molecular weight is 604 g/mol. The molecule has 0 radical (unpaired) electrons. The monoisotopic (exact) mass is 603 g/mol. The van der Waals surface area contributed by atoms with Gasteiger partial charge in [-0.05, 0) is 43.5 Å². The molecule has 43 heavy (non-hydrogen) atoms. The Morgan fingerprint density at radius 1 is 0.977 bits per heavy atom. The number of piperidine rings is 1. The van der Waals surface area contributed by atoms with Crippen LogP contribution in [0.2, 0.25) is 5.02 Å². The second kappa shape index (κ2) is 12.0. The molecule has 226 valence electrons. The lowest BCUT2D eigenvalue weighted by molar-refractivity contribution is -0.120. The number of halogens is 1. The summed E-state index contributed by atoms with van der Waals surface area (Å²) in [7, 11) is 0. The van der Waals surface area contributed by atoms with Gasteiger partial charge in [-0.25, -0.2) is 14.8 Å². The van der Waals surface area contributed by atoms with Gasteiger partial charge in [-0.15, -0.1) is 0 Å². The number of carbonyl (C=O) groups is 2. The Morgan fingerprint density at radius 2 is 1.72 bits per heavy atom. The molecule has 0 saturated carbocycles. The predicted octanol–water partition coefficient (Wildman–Crippen LogP) is 3.47. The van der Waals surface area contributed by atoms with Gasteiger partial charge in [0.15, 0.2) is 5.82 Å². The average Bonchev–Trinajstić information content (AvgIpc) is 2.98. The van der Waals surface area contributed by atoms with Gasteiger partial charge in [0.1, 0.15) is 11.5 Å². The number of carbonyl (C=O) groups excluding carboxylic acids is 2. The molecule has 5 N–H and O–H groups in total. The van der Waals surface area contributed by atoms with E-state index in [9.17, 15) is 9.59 Å². The van der Waals surface area contributed by atoms with Crippen molar-refractivity contribution in [1.82, 2.24) is 20.2 Å². The summed E-state index contributed by atoms with van der Waals surface area (Å²) in [5.41, 5.74) is 16.8. The van der Waals surface area contributed by atoms with Crippen molar-refractivity contribution >= 4 is 46.5 Å². The zero-order valence-corrected chi connectivity index (χ0v) is 25.2. The quantitative estimate of drug-likeness (QED) is 0.387. The van der Waals surface area contributed by atoms with Crippen LogP contribution in [-0.2, 0) is 11.3 Å². The smallest absolute Gasteiger partial charge is 0.328 e. The highest BCUT2D eigenvalue weighted by Gasteiger charge is 2.28. The highest BCUT2D eigenvalue weighted by molar-refractivity contribution is 6.36. The number of nitrogens with zero attached hydrogens (tertiary/aromatic N) is 6. The molecule has 0 bridgehead atoms. The molecule has 3 amide bonds. The van der Waals surface area contributed by atoms with Crippen molar-refractivity contribution in [2.24, 2.45) is 5.73 Å². The molecular weight excluding hydrogens is 566 g/mol. The van der Waals surface area contributed by atoms with Crippen molar-refractivity contribution in [2.45, 2.75) is 38.3 Å². The van der Waals surface area contributed by atoms with E-state index in [1.165, 1.54) is 0 Å². The van der Waals surface area contributed by atoms with Crippen LogP contribution in [0.4, 0.5) is 27.8 Å². The van der Waals surface area contributed by atoms with E-state index >= 15 is 0 Å². The molecule has 2 aromatic carbocycles. The number of hydrogen-bond acceptors (Lipinski definition) is 9. The SMILES string of the molecule is CC1(N)CCN(c2cnc(-c3cccc(N4CCN(Cc5cccc(N6CCC(=O)NC6=O)c5)CC4)c3Cl)c(N)n2)CC1. The van der Waals surface area contributed by atoms with Crippen LogP contribution in [0, 0.1) is 0 Å². The molecule has 3 aromatic rings. The third kappa shape index (κ3) is 6.39. The molecule has 3 aliphatic heterocycles. The summed E-state index contributed by atoms with van der Waals surface area (Å²) >= 11 is 6.99. The first kappa shape index (κ1) is 29.2. The molecule has 3 saturated heterocycles. The number of hydrogen-bond donors (Lipinski definition) is 3. The van der Waals surface area contributed by atoms with Gasteiger partial charge in [0.05, 0.1) is 16.9 Å². The maximum atomic E-state index is 12.3. The van der Waals surface area contributed by atoms with Gasteiger partial charge in [-0.2, -0.15) is 0 Å². The zero-order chi connectivity index (χ0) is 30.1. The third-order valence-electron chi connectivity index (χ3n) is 8.65. The van der Waals surface area contributed by atoms with Crippen molar-refractivity contribution < 1.29 is 9.59 Å². The second-order valence-electron chi connectivity index (χ2n) is 11.9. The number of urea groups is 1. The summed E-state index contributed by atoms with van der Waals surface area (Å²) in [6.07, 6.45) is 3.87. The molecule has 4 heterocycles. The molecular formula is C31H38ClN9O2. The van der Waals surface area contributed by atoms with Crippen LogP contribution in [0.15, 0.2) is 48.7 Å². The van der Waals surface area contributed by atoms with Crippen molar-refractivity contribution in [3.63, 3.8) is 0 Å². The third-order valence-corrected chi connectivity index (χ3v) is 9.04. The number of nitrogens with two attached hydrogens (primary N) is 2. The Labute approximate surface area is 256 Å². The van der Waals surface area contributed by atoms with Crippen LogP contribution in [0.25, 0.3) is 11.3 Å². The Bertz CT molecular complexity index is 1510. The fraction of sp³-hybridized carbons (Fsp3) is 0.419. The molecule has 3 aliphatic rings. The summed E-state index contributed by atoms with van der Waals surface area (Å²) in [6.45, 7) is 8.24. The summed E-state index contributed by atoms with van der Waals surface area (Å²) in [4.78, 5) is 41.7. The highest BCUT2D eigenvalue weighted by atomic mass is 35.5. The van der Waals surface area contributed by atoms with Crippen molar-refractivity contribution in [1.29, 1.82) is 0 Å². The summed E-state index contributed by atoms with van der Waals surface area (Å²) < 4.78 is 0. The van der Waals surface area contributed by atoms with Crippen LogP contribution in [-0.4, -0.2) is 78.2 Å². The van der Waals surface area contributed by atoms with Crippen molar-refractivity contribution in [3.05, 3.63) is 59.2 Å². The van der Waals surface area contributed by atoms with Crippen LogP contribution in [0.1, 0.15) is 31.7 Å². The number of nitrogen functional groups attached to an aromatic ring is 1. The minimum Gasteiger partial charge on any atom is -0.382 e. The molecule has 6 rings (SSSR count). The minimum absolute atomic E-state index is 0.143. The van der Waals surface area contributed by atoms with E-state index in [1.807, 2.05) is 36.4 Å². The number of imide groups is 1.